The highest BCUT2D eigenvalue weighted by Gasteiger charge is 2.11. The third kappa shape index (κ3) is 7.80. The van der Waals surface area contributed by atoms with E-state index in [9.17, 15) is 4.79 Å². The Morgan fingerprint density at radius 1 is 1.21 bits per heavy atom. The van der Waals surface area contributed by atoms with E-state index in [1.807, 2.05) is 6.08 Å². The molecule has 0 aliphatic rings. The highest BCUT2D eigenvalue weighted by atomic mass is 16.4. The minimum Gasteiger partial charge on any atom is -0.479 e. The Hall–Kier alpha value is -0.830. The largest absolute Gasteiger partial charge is 0.479 e. The standard InChI is InChI=1S/C11H20O3/c1-2-3-4-5-6-7-8-9-10(12)11(13)14/h2,10,12H,1,3-9H2,(H,13,14)/t10-/m0/s1. The first kappa shape index (κ1) is 13.2. The summed E-state index contributed by atoms with van der Waals surface area (Å²) in [5, 5.41) is 17.3. The number of aliphatic hydroxyl groups is 1. The Balaban J connectivity index is 3.13. The first-order chi connectivity index (χ1) is 6.68. The predicted molar refractivity (Wildman–Crippen MR) is 56.2 cm³/mol. The number of aliphatic hydroxyl groups excluding tert-OH is 1. The summed E-state index contributed by atoms with van der Waals surface area (Å²) in [6.45, 7) is 3.64. The van der Waals surface area contributed by atoms with Crippen LogP contribution in [0.2, 0.25) is 0 Å². The summed E-state index contributed by atoms with van der Waals surface area (Å²) in [5.74, 6) is -1.11. The van der Waals surface area contributed by atoms with Crippen molar-refractivity contribution in [2.24, 2.45) is 0 Å². The van der Waals surface area contributed by atoms with Crippen molar-refractivity contribution in [3.05, 3.63) is 12.7 Å². The molecule has 0 spiro atoms. The molecule has 0 amide bonds. The smallest absolute Gasteiger partial charge is 0.332 e. The number of carboxylic acid groups (broad SMARTS) is 1. The van der Waals surface area contributed by atoms with Gasteiger partial charge in [0.1, 0.15) is 0 Å². The second-order valence-corrected chi connectivity index (χ2v) is 3.49. The summed E-state index contributed by atoms with van der Waals surface area (Å²) >= 11 is 0. The highest BCUT2D eigenvalue weighted by Crippen LogP contribution is 2.08. The molecule has 0 saturated heterocycles. The highest BCUT2D eigenvalue weighted by molar-refractivity contribution is 5.71. The molecule has 2 N–H and O–H groups in total. The van der Waals surface area contributed by atoms with Crippen molar-refractivity contribution in [3.63, 3.8) is 0 Å². The van der Waals surface area contributed by atoms with E-state index >= 15 is 0 Å². The van der Waals surface area contributed by atoms with E-state index in [0.29, 0.717) is 6.42 Å². The number of hydrogen-bond donors (Lipinski definition) is 2. The van der Waals surface area contributed by atoms with Crippen molar-refractivity contribution in [2.75, 3.05) is 0 Å². The van der Waals surface area contributed by atoms with E-state index in [4.69, 9.17) is 10.2 Å². The van der Waals surface area contributed by atoms with Crippen LogP contribution in [0.5, 0.6) is 0 Å². The van der Waals surface area contributed by atoms with Crippen LogP contribution >= 0.6 is 0 Å². The first-order valence-electron chi connectivity index (χ1n) is 5.20. The molecule has 82 valence electrons. The van der Waals surface area contributed by atoms with Crippen molar-refractivity contribution >= 4 is 5.97 Å². The van der Waals surface area contributed by atoms with Crippen LogP contribution in [0.15, 0.2) is 12.7 Å². The molecule has 3 heteroatoms. The molecule has 0 saturated carbocycles. The van der Waals surface area contributed by atoms with Gasteiger partial charge in [0.25, 0.3) is 0 Å². The monoisotopic (exact) mass is 200 g/mol. The molecule has 0 radical (unpaired) electrons. The van der Waals surface area contributed by atoms with Gasteiger partial charge in [0, 0.05) is 0 Å². The molecular weight excluding hydrogens is 180 g/mol. The second-order valence-electron chi connectivity index (χ2n) is 3.49. The zero-order valence-electron chi connectivity index (χ0n) is 8.61. The van der Waals surface area contributed by atoms with E-state index in [2.05, 4.69) is 6.58 Å². The van der Waals surface area contributed by atoms with E-state index < -0.39 is 12.1 Å². The number of unbranched alkanes of at least 4 members (excludes halogenated alkanes) is 5. The van der Waals surface area contributed by atoms with Gasteiger partial charge in [0.15, 0.2) is 6.10 Å². The molecule has 0 aliphatic carbocycles. The van der Waals surface area contributed by atoms with Crippen molar-refractivity contribution in [2.45, 2.75) is 51.0 Å². The van der Waals surface area contributed by atoms with Crippen molar-refractivity contribution in [1.29, 1.82) is 0 Å². The molecule has 3 nitrogen and oxygen atoms in total. The van der Waals surface area contributed by atoms with Crippen LogP contribution in [-0.4, -0.2) is 22.3 Å². The summed E-state index contributed by atoms with van der Waals surface area (Å²) in [6.07, 6.45) is 7.38. The third-order valence-corrected chi connectivity index (χ3v) is 2.17. The van der Waals surface area contributed by atoms with Gasteiger partial charge >= 0.3 is 5.97 Å². The van der Waals surface area contributed by atoms with Crippen LogP contribution in [0.1, 0.15) is 44.9 Å². The number of carboxylic acids is 1. The quantitative estimate of drug-likeness (QED) is 0.443. The number of hydrogen-bond acceptors (Lipinski definition) is 2. The number of aliphatic carboxylic acids is 1. The molecule has 0 bridgehead atoms. The van der Waals surface area contributed by atoms with Crippen LogP contribution in [0, 0.1) is 0 Å². The van der Waals surface area contributed by atoms with Crippen LogP contribution < -0.4 is 0 Å². The third-order valence-electron chi connectivity index (χ3n) is 2.17. The fraction of sp³-hybridized carbons (Fsp3) is 0.727. The maximum absolute atomic E-state index is 10.2. The fourth-order valence-corrected chi connectivity index (χ4v) is 1.28. The number of allylic oxidation sites excluding steroid dienone is 1. The molecule has 0 aromatic carbocycles. The van der Waals surface area contributed by atoms with Crippen LogP contribution in [0.25, 0.3) is 0 Å². The van der Waals surface area contributed by atoms with Gasteiger partial charge in [0.05, 0.1) is 0 Å². The summed E-state index contributed by atoms with van der Waals surface area (Å²) < 4.78 is 0. The Kier molecular flexibility index (Phi) is 8.24. The summed E-state index contributed by atoms with van der Waals surface area (Å²) in [5.41, 5.74) is 0. The predicted octanol–water partition coefficient (Wildman–Crippen LogP) is 2.35. The molecule has 0 heterocycles. The van der Waals surface area contributed by atoms with Gasteiger partial charge in [-0.2, -0.15) is 0 Å². The Morgan fingerprint density at radius 3 is 2.36 bits per heavy atom. The van der Waals surface area contributed by atoms with Crippen molar-refractivity contribution < 1.29 is 15.0 Å². The topological polar surface area (TPSA) is 57.5 Å². The molecule has 0 aromatic rings. The molecular formula is C11H20O3. The maximum Gasteiger partial charge on any atom is 0.332 e. The molecule has 14 heavy (non-hydrogen) atoms. The van der Waals surface area contributed by atoms with Crippen LogP contribution in [-0.2, 0) is 4.79 Å². The Bertz CT molecular complexity index is 166. The SMILES string of the molecule is C=CCCCCCCC[C@H](O)C(=O)O. The maximum atomic E-state index is 10.2. The van der Waals surface area contributed by atoms with Gasteiger partial charge in [-0.25, -0.2) is 4.79 Å². The first-order valence-corrected chi connectivity index (χ1v) is 5.20. The van der Waals surface area contributed by atoms with Gasteiger partial charge in [0.2, 0.25) is 0 Å². The van der Waals surface area contributed by atoms with Crippen molar-refractivity contribution in [3.8, 4) is 0 Å². The van der Waals surface area contributed by atoms with Gasteiger partial charge in [-0.05, 0) is 19.3 Å². The number of rotatable bonds is 9. The van der Waals surface area contributed by atoms with E-state index in [1.54, 1.807) is 0 Å². The number of carbonyl (C=O) groups is 1. The lowest BCUT2D eigenvalue weighted by Crippen LogP contribution is -2.18. The van der Waals surface area contributed by atoms with Gasteiger partial charge in [-0.15, -0.1) is 6.58 Å². The van der Waals surface area contributed by atoms with Crippen molar-refractivity contribution in [1.82, 2.24) is 0 Å². The van der Waals surface area contributed by atoms with E-state index in [-0.39, 0.29) is 0 Å². The fourth-order valence-electron chi connectivity index (χ4n) is 1.28. The minimum atomic E-state index is -1.18. The molecule has 0 unspecified atom stereocenters. The lowest BCUT2D eigenvalue weighted by Gasteiger charge is -2.04. The van der Waals surface area contributed by atoms with Gasteiger partial charge in [-0.3, -0.25) is 0 Å². The van der Waals surface area contributed by atoms with Gasteiger partial charge in [-0.1, -0.05) is 31.8 Å². The molecule has 0 rings (SSSR count). The second kappa shape index (κ2) is 8.75. The van der Waals surface area contributed by atoms with Crippen LogP contribution in [0.4, 0.5) is 0 Å². The lowest BCUT2D eigenvalue weighted by molar-refractivity contribution is -0.146. The van der Waals surface area contributed by atoms with E-state index in [1.165, 1.54) is 0 Å². The van der Waals surface area contributed by atoms with Gasteiger partial charge < -0.3 is 10.2 Å². The van der Waals surface area contributed by atoms with E-state index in [0.717, 1.165) is 38.5 Å². The normalized spacial score (nSPS) is 12.4. The van der Waals surface area contributed by atoms with Crippen LogP contribution in [0.3, 0.4) is 0 Å². The molecule has 0 aromatic heterocycles. The molecule has 0 aliphatic heterocycles. The average Bonchev–Trinajstić information content (AvgIpc) is 2.16. The molecule has 0 fully saturated rings. The summed E-state index contributed by atoms with van der Waals surface area (Å²) in [6, 6.07) is 0. The zero-order chi connectivity index (χ0) is 10.8. The lowest BCUT2D eigenvalue weighted by atomic mass is 10.1. The minimum absolute atomic E-state index is 0.372. The molecule has 1 atom stereocenters. The summed E-state index contributed by atoms with van der Waals surface area (Å²) in [7, 11) is 0. The average molecular weight is 200 g/mol. The Labute approximate surface area is 85.4 Å². The zero-order valence-corrected chi connectivity index (χ0v) is 8.61. The summed E-state index contributed by atoms with van der Waals surface area (Å²) in [4.78, 5) is 10.2. The Morgan fingerprint density at radius 2 is 1.79 bits per heavy atom.